The maximum Gasteiger partial charge on any atom is 0.191 e. The van der Waals surface area contributed by atoms with Gasteiger partial charge < -0.3 is 15.4 Å². The fraction of sp³-hybridized carbons (Fsp3) is 0.550. The summed E-state index contributed by atoms with van der Waals surface area (Å²) in [6, 6.07) is 8.48. The van der Waals surface area contributed by atoms with E-state index in [1.54, 1.807) is 18.1 Å². The van der Waals surface area contributed by atoms with Crippen LogP contribution < -0.4 is 15.4 Å². The smallest absolute Gasteiger partial charge is 0.191 e. The van der Waals surface area contributed by atoms with Crippen molar-refractivity contribution in [3.8, 4) is 5.75 Å². The first-order valence-corrected chi connectivity index (χ1v) is 9.85. The highest BCUT2D eigenvalue weighted by Crippen LogP contribution is 2.23. The van der Waals surface area contributed by atoms with Crippen LogP contribution >= 0.6 is 0 Å². The van der Waals surface area contributed by atoms with Gasteiger partial charge >= 0.3 is 0 Å². The third kappa shape index (κ3) is 5.95. The van der Waals surface area contributed by atoms with Crippen LogP contribution in [0.15, 0.2) is 35.6 Å². The SMILES string of the molecule is CCNC(=NCc1ncnn1C)NCC(c1cccc(OC)c1)N(CC)CC. The van der Waals surface area contributed by atoms with E-state index in [2.05, 4.69) is 63.5 Å². The standard InChI is InChI=1S/C20H33N7O/c1-6-21-20(23-14-19-24-15-25-26(19)4)22-13-18(27(7-2)8-3)16-10-9-11-17(12-16)28-5/h9-12,15,18H,6-8,13-14H2,1-5H3,(H2,21,22,23). The van der Waals surface area contributed by atoms with Crippen LogP contribution in [0, 0.1) is 0 Å². The van der Waals surface area contributed by atoms with Crippen LogP contribution in [0.5, 0.6) is 5.75 Å². The highest BCUT2D eigenvalue weighted by Gasteiger charge is 2.19. The normalized spacial score (nSPS) is 12.9. The van der Waals surface area contributed by atoms with Crippen LogP contribution in [0.2, 0.25) is 0 Å². The van der Waals surface area contributed by atoms with Gasteiger partial charge in [0.25, 0.3) is 0 Å². The van der Waals surface area contributed by atoms with Crippen LogP contribution in [0.3, 0.4) is 0 Å². The fourth-order valence-corrected chi connectivity index (χ4v) is 3.12. The predicted molar refractivity (Wildman–Crippen MR) is 112 cm³/mol. The van der Waals surface area contributed by atoms with E-state index in [-0.39, 0.29) is 6.04 Å². The molecule has 0 aliphatic rings. The first kappa shape index (κ1) is 21.7. The molecule has 154 valence electrons. The van der Waals surface area contributed by atoms with E-state index in [0.29, 0.717) is 6.54 Å². The van der Waals surface area contributed by atoms with E-state index in [1.165, 1.54) is 5.56 Å². The lowest BCUT2D eigenvalue weighted by Crippen LogP contribution is -2.43. The summed E-state index contributed by atoms with van der Waals surface area (Å²) < 4.78 is 7.16. The highest BCUT2D eigenvalue weighted by atomic mass is 16.5. The van der Waals surface area contributed by atoms with Crippen LogP contribution in [0.1, 0.15) is 38.2 Å². The number of aryl methyl sites for hydroxylation is 1. The molecule has 0 aliphatic carbocycles. The molecule has 1 unspecified atom stereocenters. The van der Waals surface area contributed by atoms with E-state index >= 15 is 0 Å². The molecule has 28 heavy (non-hydrogen) atoms. The van der Waals surface area contributed by atoms with Gasteiger partial charge in [-0.3, -0.25) is 9.58 Å². The van der Waals surface area contributed by atoms with Gasteiger partial charge in [0.05, 0.1) is 13.2 Å². The lowest BCUT2D eigenvalue weighted by atomic mass is 10.0. The van der Waals surface area contributed by atoms with Crippen molar-refractivity contribution in [1.29, 1.82) is 0 Å². The van der Waals surface area contributed by atoms with Crippen molar-refractivity contribution in [2.24, 2.45) is 12.0 Å². The molecule has 1 atom stereocenters. The van der Waals surface area contributed by atoms with Gasteiger partial charge in [-0.05, 0) is 37.7 Å². The lowest BCUT2D eigenvalue weighted by Gasteiger charge is -2.31. The number of hydrogen-bond donors (Lipinski definition) is 2. The fourth-order valence-electron chi connectivity index (χ4n) is 3.12. The summed E-state index contributed by atoms with van der Waals surface area (Å²) >= 11 is 0. The second kappa shape index (κ2) is 11.3. The molecule has 2 N–H and O–H groups in total. The minimum absolute atomic E-state index is 0.212. The lowest BCUT2D eigenvalue weighted by molar-refractivity contribution is 0.218. The number of rotatable bonds is 10. The van der Waals surface area contributed by atoms with Crippen molar-refractivity contribution in [2.45, 2.75) is 33.4 Å². The quantitative estimate of drug-likeness (QED) is 0.479. The van der Waals surface area contributed by atoms with Gasteiger partial charge in [-0.1, -0.05) is 26.0 Å². The van der Waals surface area contributed by atoms with Crippen molar-refractivity contribution in [3.63, 3.8) is 0 Å². The first-order valence-electron chi connectivity index (χ1n) is 9.85. The molecule has 0 amide bonds. The Balaban J connectivity index is 2.15. The Kier molecular flexibility index (Phi) is 8.74. The van der Waals surface area contributed by atoms with E-state index in [9.17, 15) is 0 Å². The number of benzene rings is 1. The number of aromatic nitrogens is 3. The summed E-state index contributed by atoms with van der Waals surface area (Å²) in [4.78, 5) is 11.3. The maximum absolute atomic E-state index is 5.42. The van der Waals surface area contributed by atoms with Gasteiger partial charge in [-0.15, -0.1) is 0 Å². The maximum atomic E-state index is 5.42. The molecule has 2 aromatic rings. The van der Waals surface area contributed by atoms with Gasteiger partial charge in [-0.2, -0.15) is 5.10 Å². The zero-order valence-electron chi connectivity index (χ0n) is 17.6. The molecule has 8 heteroatoms. The Morgan fingerprint density at radius 2 is 2.04 bits per heavy atom. The highest BCUT2D eigenvalue weighted by molar-refractivity contribution is 5.79. The number of aliphatic imine (C=N–C) groups is 1. The molecule has 0 aliphatic heterocycles. The minimum Gasteiger partial charge on any atom is -0.497 e. The Morgan fingerprint density at radius 3 is 2.64 bits per heavy atom. The molecule has 0 spiro atoms. The van der Waals surface area contributed by atoms with E-state index < -0.39 is 0 Å². The molecule has 0 saturated heterocycles. The molecule has 1 heterocycles. The van der Waals surface area contributed by atoms with Crippen LogP contribution in [-0.4, -0.2) is 58.9 Å². The van der Waals surface area contributed by atoms with Gasteiger partial charge in [-0.25, -0.2) is 9.98 Å². The van der Waals surface area contributed by atoms with E-state index in [4.69, 9.17) is 4.74 Å². The molecule has 2 rings (SSSR count). The molecule has 1 aromatic heterocycles. The minimum atomic E-state index is 0.212. The zero-order chi connectivity index (χ0) is 20.4. The molecular formula is C20H33N7O. The van der Waals surface area contributed by atoms with Gasteiger partial charge in [0.15, 0.2) is 5.96 Å². The third-order valence-electron chi connectivity index (χ3n) is 4.72. The van der Waals surface area contributed by atoms with Crippen LogP contribution in [-0.2, 0) is 13.6 Å². The van der Waals surface area contributed by atoms with E-state index in [0.717, 1.165) is 43.7 Å². The zero-order valence-corrected chi connectivity index (χ0v) is 17.6. The summed E-state index contributed by atoms with van der Waals surface area (Å²) in [6.07, 6.45) is 1.55. The van der Waals surface area contributed by atoms with E-state index in [1.807, 2.05) is 19.2 Å². The van der Waals surface area contributed by atoms with Crippen LogP contribution in [0.25, 0.3) is 0 Å². The summed E-state index contributed by atoms with van der Waals surface area (Å²) in [7, 11) is 3.57. The number of nitrogens with zero attached hydrogens (tertiary/aromatic N) is 5. The van der Waals surface area contributed by atoms with Gasteiger partial charge in [0.1, 0.15) is 24.4 Å². The summed E-state index contributed by atoms with van der Waals surface area (Å²) in [5, 5.41) is 10.9. The van der Waals surface area contributed by atoms with Crippen molar-refractivity contribution in [1.82, 2.24) is 30.3 Å². The van der Waals surface area contributed by atoms with Crippen molar-refractivity contribution in [3.05, 3.63) is 42.0 Å². The first-order chi connectivity index (χ1) is 13.6. The summed E-state index contributed by atoms with van der Waals surface area (Å²) in [5.41, 5.74) is 1.22. The number of hydrogen-bond acceptors (Lipinski definition) is 5. The van der Waals surface area contributed by atoms with Gasteiger partial charge in [0, 0.05) is 20.1 Å². The number of likely N-dealkylation sites (N-methyl/N-ethyl adjacent to an activating group) is 1. The molecular weight excluding hydrogens is 354 g/mol. The monoisotopic (exact) mass is 387 g/mol. The molecule has 0 fully saturated rings. The average Bonchev–Trinajstić information content (AvgIpc) is 3.13. The summed E-state index contributed by atoms with van der Waals surface area (Å²) in [6.45, 7) is 10.4. The second-order valence-electron chi connectivity index (χ2n) is 6.39. The Bertz CT molecular complexity index is 740. The molecule has 8 nitrogen and oxygen atoms in total. The Morgan fingerprint density at radius 1 is 1.25 bits per heavy atom. The van der Waals surface area contributed by atoms with Gasteiger partial charge in [0.2, 0.25) is 0 Å². The Labute approximate surface area is 168 Å². The number of methoxy groups -OCH3 is 1. The molecule has 0 radical (unpaired) electrons. The van der Waals surface area contributed by atoms with Crippen molar-refractivity contribution in [2.75, 3.05) is 33.3 Å². The second-order valence-corrected chi connectivity index (χ2v) is 6.39. The van der Waals surface area contributed by atoms with Crippen molar-refractivity contribution >= 4 is 5.96 Å². The molecule has 0 saturated carbocycles. The predicted octanol–water partition coefficient (Wildman–Crippen LogP) is 1.96. The Hall–Kier alpha value is -2.61. The number of ether oxygens (including phenoxy) is 1. The topological polar surface area (TPSA) is 79.6 Å². The van der Waals surface area contributed by atoms with Crippen LogP contribution in [0.4, 0.5) is 0 Å². The molecule has 0 bridgehead atoms. The number of nitrogens with one attached hydrogen (secondary N) is 2. The number of guanidine groups is 1. The third-order valence-corrected chi connectivity index (χ3v) is 4.72. The van der Waals surface area contributed by atoms with Crippen molar-refractivity contribution < 1.29 is 4.74 Å². The largest absolute Gasteiger partial charge is 0.497 e. The average molecular weight is 388 g/mol. The molecule has 1 aromatic carbocycles. The summed E-state index contributed by atoms with van der Waals surface area (Å²) in [5.74, 6) is 2.47.